The highest BCUT2D eigenvalue weighted by Gasteiger charge is 2.21. The number of hydrogen-bond donors (Lipinski definition) is 2. The van der Waals surface area contributed by atoms with Crippen LogP contribution >= 0.6 is 11.8 Å². The number of rotatable bonds is 2. The molecular formula is C11H15NOS. The van der Waals surface area contributed by atoms with Gasteiger partial charge in [-0.1, -0.05) is 30.3 Å². The number of benzene rings is 1. The standard InChI is InChI=1S/C11H15NOS/c13-6-10-7-14-8-11(12-10)9-4-2-1-3-5-9/h1-5,10-13H,6-8H2/t10-,11-/m1/s1. The van der Waals surface area contributed by atoms with Gasteiger partial charge in [-0.2, -0.15) is 11.8 Å². The molecule has 76 valence electrons. The van der Waals surface area contributed by atoms with Crippen molar-refractivity contribution in [3.05, 3.63) is 35.9 Å². The molecule has 0 saturated carbocycles. The van der Waals surface area contributed by atoms with Crippen molar-refractivity contribution in [2.24, 2.45) is 0 Å². The van der Waals surface area contributed by atoms with Crippen molar-refractivity contribution < 1.29 is 5.11 Å². The molecule has 1 aromatic carbocycles. The number of aliphatic hydroxyl groups is 1. The SMILES string of the molecule is OC[C@@H]1CSC[C@H](c2ccccc2)N1. The molecule has 3 heteroatoms. The molecule has 0 spiro atoms. The Labute approximate surface area is 88.7 Å². The lowest BCUT2D eigenvalue weighted by Crippen LogP contribution is -2.42. The first-order valence-corrected chi connectivity index (χ1v) is 6.05. The fourth-order valence-corrected chi connectivity index (χ4v) is 2.84. The van der Waals surface area contributed by atoms with E-state index < -0.39 is 0 Å². The highest BCUT2D eigenvalue weighted by Crippen LogP contribution is 2.23. The summed E-state index contributed by atoms with van der Waals surface area (Å²) in [4.78, 5) is 0. The minimum absolute atomic E-state index is 0.232. The molecule has 1 aliphatic rings. The zero-order valence-electron chi connectivity index (χ0n) is 8.02. The number of hydrogen-bond acceptors (Lipinski definition) is 3. The van der Waals surface area contributed by atoms with Crippen LogP contribution in [0.25, 0.3) is 0 Å². The molecule has 2 nitrogen and oxygen atoms in total. The van der Waals surface area contributed by atoms with E-state index in [1.165, 1.54) is 5.56 Å². The summed E-state index contributed by atoms with van der Waals surface area (Å²) < 4.78 is 0. The van der Waals surface area contributed by atoms with E-state index >= 15 is 0 Å². The van der Waals surface area contributed by atoms with Gasteiger partial charge in [0.15, 0.2) is 0 Å². The summed E-state index contributed by atoms with van der Waals surface area (Å²) in [5.41, 5.74) is 1.32. The number of thioether (sulfide) groups is 1. The van der Waals surface area contributed by atoms with E-state index in [4.69, 9.17) is 5.11 Å². The molecule has 0 amide bonds. The van der Waals surface area contributed by atoms with Crippen LogP contribution in [0, 0.1) is 0 Å². The predicted octanol–water partition coefficient (Wildman–Crippen LogP) is 1.43. The van der Waals surface area contributed by atoms with Crippen LogP contribution in [0.5, 0.6) is 0 Å². The van der Waals surface area contributed by atoms with Crippen LogP contribution in [0.1, 0.15) is 11.6 Å². The largest absolute Gasteiger partial charge is 0.395 e. The second kappa shape index (κ2) is 4.82. The van der Waals surface area contributed by atoms with E-state index in [-0.39, 0.29) is 12.6 Å². The zero-order chi connectivity index (χ0) is 9.80. The average molecular weight is 209 g/mol. The Morgan fingerprint density at radius 1 is 1.29 bits per heavy atom. The van der Waals surface area contributed by atoms with Crippen molar-refractivity contribution in [2.75, 3.05) is 18.1 Å². The highest BCUT2D eigenvalue weighted by atomic mass is 32.2. The molecule has 0 unspecified atom stereocenters. The smallest absolute Gasteiger partial charge is 0.0592 e. The van der Waals surface area contributed by atoms with E-state index in [1.54, 1.807) is 0 Å². The Kier molecular flexibility index (Phi) is 3.45. The molecule has 0 aliphatic carbocycles. The van der Waals surface area contributed by atoms with Crippen LogP contribution in [0.4, 0.5) is 0 Å². The lowest BCUT2D eigenvalue weighted by Gasteiger charge is -2.29. The predicted molar refractivity (Wildman–Crippen MR) is 60.5 cm³/mol. The average Bonchev–Trinajstić information content (AvgIpc) is 2.30. The minimum Gasteiger partial charge on any atom is -0.395 e. The third kappa shape index (κ3) is 2.29. The number of nitrogens with one attached hydrogen (secondary N) is 1. The van der Waals surface area contributed by atoms with Gasteiger partial charge in [0, 0.05) is 23.6 Å². The maximum atomic E-state index is 9.08. The van der Waals surface area contributed by atoms with Gasteiger partial charge in [0.05, 0.1) is 6.61 Å². The molecule has 2 N–H and O–H groups in total. The molecule has 2 atom stereocenters. The highest BCUT2D eigenvalue weighted by molar-refractivity contribution is 7.99. The summed E-state index contributed by atoms with van der Waals surface area (Å²) in [5, 5.41) is 12.5. The van der Waals surface area contributed by atoms with Gasteiger partial charge in [-0.05, 0) is 5.56 Å². The van der Waals surface area contributed by atoms with E-state index in [0.717, 1.165) is 11.5 Å². The summed E-state index contributed by atoms with van der Waals surface area (Å²) in [6.07, 6.45) is 0. The van der Waals surface area contributed by atoms with Gasteiger partial charge in [0.1, 0.15) is 0 Å². The Morgan fingerprint density at radius 2 is 2.07 bits per heavy atom. The van der Waals surface area contributed by atoms with Crippen LogP contribution in [-0.2, 0) is 0 Å². The molecule has 1 saturated heterocycles. The zero-order valence-corrected chi connectivity index (χ0v) is 8.83. The van der Waals surface area contributed by atoms with E-state index in [2.05, 4.69) is 29.6 Å². The van der Waals surface area contributed by atoms with Crippen molar-refractivity contribution in [3.8, 4) is 0 Å². The maximum absolute atomic E-state index is 9.08. The first kappa shape index (κ1) is 10.0. The Morgan fingerprint density at radius 3 is 2.79 bits per heavy atom. The monoisotopic (exact) mass is 209 g/mol. The van der Waals surface area contributed by atoms with Crippen molar-refractivity contribution in [3.63, 3.8) is 0 Å². The van der Waals surface area contributed by atoms with Crippen molar-refractivity contribution in [1.29, 1.82) is 0 Å². The summed E-state index contributed by atoms with van der Waals surface area (Å²) in [7, 11) is 0. The third-order valence-electron chi connectivity index (χ3n) is 2.46. The molecule has 1 aromatic rings. The second-order valence-corrected chi connectivity index (χ2v) is 4.62. The summed E-state index contributed by atoms with van der Waals surface area (Å²) in [6.45, 7) is 0.232. The summed E-state index contributed by atoms with van der Waals surface area (Å²) in [5.74, 6) is 2.11. The normalized spacial score (nSPS) is 27.5. The molecule has 2 rings (SSSR count). The topological polar surface area (TPSA) is 32.3 Å². The molecular weight excluding hydrogens is 194 g/mol. The first-order chi connectivity index (χ1) is 6.90. The molecule has 14 heavy (non-hydrogen) atoms. The quantitative estimate of drug-likeness (QED) is 0.773. The summed E-state index contributed by atoms with van der Waals surface area (Å²) in [6, 6.07) is 11.1. The molecule has 1 heterocycles. The molecule has 0 aromatic heterocycles. The molecule has 0 bridgehead atoms. The summed E-state index contributed by atoms with van der Waals surface area (Å²) >= 11 is 1.91. The molecule has 1 aliphatic heterocycles. The van der Waals surface area contributed by atoms with Crippen LogP contribution in [0.15, 0.2) is 30.3 Å². The van der Waals surface area contributed by atoms with Crippen molar-refractivity contribution in [2.45, 2.75) is 12.1 Å². The fourth-order valence-electron chi connectivity index (χ4n) is 1.69. The maximum Gasteiger partial charge on any atom is 0.0592 e. The van der Waals surface area contributed by atoms with Gasteiger partial charge in [0.25, 0.3) is 0 Å². The Balaban J connectivity index is 2.04. The van der Waals surface area contributed by atoms with Gasteiger partial charge in [-0.25, -0.2) is 0 Å². The third-order valence-corrected chi connectivity index (χ3v) is 3.67. The first-order valence-electron chi connectivity index (χ1n) is 4.90. The van der Waals surface area contributed by atoms with E-state index in [0.29, 0.717) is 6.04 Å². The fraction of sp³-hybridized carbons (Fsp3) is 0.455. The molecule has 1 fully saturated rings. The second-order valence-electron chi connectivity index (χ2n) is 3.55. The van der Waals surface area contributed by atoms with Crippen LogP contribution in [0.2, 0.25) is 0 Å². The lowest BCUT2D eigenvalue weighted by molar-refractivity contribution is 0.243. The van der Waals surface area contributed by atoms with Gasteiger partial charge < -0.3 is 10.4 Å². The van der Waals surface area contributed by atoms with Crippen LogP contribution < -0.4 is 5.32 Å². The van der Waals surface area contributed by atoms with Gasteiger partial charge in [-0.3, -0.25) is 0 Å². The van der Waals surface area contributed by atoms with Gasteiger partial charge in [0.2, 0.25) is 0 Å². The van der Waals surface area contributed by atoms with E-state index in [1.807, 2.05) is 17.8 Å². The Bertz CT molecular complexity index is 278. The minimum atomic E-state index is 0.232. The van der Waals surface area contributed by atoms with Crippen LogP contribution in [-0.4, -0.2) is 29.3 Å². The van der Waals surface area contributed by atoms with E-state index in [9.17, 15) is 0 Å². The van der Waals surface area contributed by atoms with Gasteiger partial charge >= 0.3 is 0 Å². The van der Waals surface area contributed by atoms with Crippen molar-refractivity contribution >= 4 is 11.8 Å². The number of aliphatic hydroxyl groups excluding tert-OH is 1. The Hall–Kier alpha value is -0.510. The van der Waals surface area contributed by atoms with Gasteiger partial charge in [-0.15, -0.1) is 0 Å². The van der Waals surface area contributed by atoms with Crippen LogP contribution in [0.3, 0.4) is 0 Å². The lowest BCUT2D eigenvalue weighted by atomic mass is 10.1. The molecule has 0 radical (unpaired) electrons. The van der Waals surface area contributed by atoms with Crippen molar-refractivity contribution in [1.82, 2.24) is 5.32 Å².